The van der Waals surface area contributed by atoms with Crippen LogP contribution in [0.15, 0.2) is 79.4 Å². The number of benzene rings is 3. The maximum atomic E-state index is 12.5. The molecule has 3 rings (SSSR count). The van der Waals surface area contributed by atoms with Crippen LogP contribution in [0, 0.1) is 6.92 Å². The lowest BCUT2D eigenvalue weighted by atomic mass is 10.1. The number of hydrogen-bond acceptors (Lipinski definition) is 8. The topological polar surface area (TPSA) is 108 Å². The second-order valence-electron chi connectivity index (χ2n) is 6.70. The predicted molar refractivity (Wildman–Crippen MR) is 117 cm³/mol. The average molecular weight is 448 g/mol. The third-order valence-corrected chi connectivity index (χ3v) is 4.36. The molecule has 8 nitrogen and oxygen atoms in total. The van der Waals surface area contributed by atoms with Gasteiger partial charge in [-0.1, -0.05) is 6.58 Å². The molecule has 0 radical (unpaired) electrons. The Labute approximate surface area is 189 Å². The Balaban J connectivity index is 1.59. The highest BCUT2D eigenvalue weighted by Gasteiger charge is 2.16. The summed E-state index contributed by atoms with van der Waals surface area (Å²) >= 11 is 0. The van der Waals surface area contributed by atoms with Crippen LogP contribution in [-0.4, -0.2) is 29.8 Å². The molecular formula is C25H20O8. The van der Waals surface area contributed by atoms with Crippen LogP contribution >= 0.6 is 0 Å². The van der Waals surface area contributed by atoms with E-state index in [1.165, 1.54) is 54.6 Å². The molecule has 0 aliphatic rings. The Bertz CT molecular complexity index is 1160. The van der Waals surface area contributed by atoms with Gasteiger partial charge in [0.25, 0.3) is 0 Å². The number of ether oxygens (including phenoxy) is 4. The Kier molecular flexibility index (Phi) is 7.43. The SMILES string of the molecule is C=CC(=O)OCOc1ccc(OC(=O)c2ccc(C(=O)Oc3ccc(O)cc3)cc2C)cc1. The highest BCUT2D eigenvalue weighted by molar-refractivity contribution is 5.96. The standard InChI is InChI=1S/C25H20O8/c1-3-23(27)31-15-30-19-9-11-21(12-10-19)33-25(29)22-13-4-17(14-16(22)2)24(28)32-20-7-5-18(26)6-8-20/h3-14,26H,1,15H2,2H3. The van der Waals surface area contributed by atoms with Gasteiger partial charge in [-0.2, -0.15) is 0 Å². The molecule has 8 heteroatoms. The van der Waals surface area contributed by atoms with Crippen LogP contribution in [0.25, 0.3) is 0 Å². The summed E-state index contributed by atoms with van der Waals surface area (Å²) in [5.41, 5.74) is 1.08. The molecule has 0 spiro atoms. The van der Waals surface area contributed by atoms with Crippen molar-refractivity contribution in [2.24, 2.45) is 0 Å². The summed E-state index contributed by atoms with van der Waals surface area (Å²) < 4.78 is 20.6. The fourth-order valence-electron chi connectivity index (χ4n) is 2.68. The van der Waals surface area contributed by atoms with E-state index in [-0.39, 0.29) is 35.2 Å². The molecule has 0 fully saturated rings. The van der Waals surface area contributed by atoms with Crippen molar-refractivity contribution in [3.8, 4) is 23.0 Å². The molecule has 1 N–H and O–H groups in total. The number of hydrogen-bond donors (Lipinski definition) is 1. The first-order valence-corrected chi connectivity index (χ1v) is 9.72. The number of phenols is 1. The Morgan fingerprint density at radius 3 is 2.03 bits per heavy atom. The highest BCUT2D eigenvalue weighted by atomic mass is 16.7. The summed E-state index contributed by atoms with van der Waals surface area (Å²) in [6, 6.07) is 16.4. The first-order chi connectivity index (χ1) is 15.9. The van der Waals surface area contributed by atoms with Crippen molar-refractivity contribution in [1.29, 1.82) is 0 Å². The second kappa shape index (κ2) is 10.6. The molecule has 3 aromatic carbocycles. The molecule has 0 saturated carbocycles. The summed E-state index contributed by atoms with van der Waals surface area (Å²) in [6.07, 6.45) is 1.03. The van der Waals surface area contributed by atoms with E-state index >= 15 is 0 Å². The summed E-state index contributed by atoms with van der Waals surface area (Å²) in [4.78, 5) is 35.9. The van der Waals surface area contributed by atoms with Gasteiger partial charge in [0.05, 0.1) is 11.1 Å². The predicted octanol–water partition coefficient (Wildman–Crippen LogP) is 4.20. The fourth-order valence-corrected chi connectivity index (χ4v) is 2.68. The number of carbonyl (C=O) groups is 3. The number of rotatable bonds is 8. The van der Waals surface area contributed by atoms with Gasteiger partial charge in [-0.25, -0.2) is 14.4 Å². The average Bonchev–Trinajstić information content (AvgIpc) is 2.81. The smallest absolute Gasteiger partial charge is 0.343 e. The largest absolute Gasteiger partial charge is 0.508 e. The zero-order valence-corrected chi connectivity index (χ0v) is 17.6. The first-order valence-electron chi connectivity index (χ1n) is 9.72. The number of aromatic hydroxyl groups is 1. The lowest BCUT2D eigenvalue weighted by Gasteiger charge is -2.10. The van der Waals surface area contributed by atoms with Crippen LogP contribution in [0.2, 0.25) is 0 Å². The van der Waals surface area contributed by atoms with Gasteiger partial charge in [0, 0.05) is 6.08 Å². The number of phenolic OH excluding ortho intramolecular Hbond substituents is 1. The van der Waals surface area contributed by atoms with Crippen molar-refractivity contribution < 1.29 is 38.4 Å². The van der Waals surface area contributed by atoms with Crippen molar-refractivity contribution >= 4 is 17.9 Å². The number of carbonyl (C=O) groups excluding carboxylic acids is 3. The van der Waals surface area contributed by atoms with Crippen LogP contribution in [0.4, 0.5) is 0 Å². The van der Waals surface area contributed by atoms with Gasteiger partial charge in [0.1, 0.15) is 23.0 Å². The van der Waals surface area contributed by atoms with Crippen LogP contribution in [-0.2, 0) is 9.53 Å². The lowest BCUT2D eigenvalue weighted by molar-refractivity contribution is -0.144. The molecule has 0 atom stereocenters. The molecule has 168 valence electrons. The van der Waals surface area contributed by atoms with Crippen LogP contribution in [0.1, 0.15) is 26.3 Å². The molecule has 33 heavy (non-hydrogen) atoms. The van der Waals surface area contributed by atoms with E-state index in [2.05, 4.69) is 6.58 Å². The van der Waals surface area contributed by atoms with Crippen molar-refractivity contribution in [1.82, 2.24) is 0 Å². The van der Waals surface area contributed by atoms with Crippen molar-refractivity contribution in [2.45, 2.75) is 6.92 Å². The molecule has 0 saturated heterocycles. The molecule has 0 aliphatic carbocycles. The Hall–Kier alpha value is -4.59. The van der Waals surface area contributed by atoms with E-state index in [0.717, 1.165) is 6.08 Å². The highest BCUT2D eigenvalue weighted by Crippen LogP contribution is 2.21. The molecule has 0 unspecified atom stereocenters. The maximum absolute atomic E-state index is 12.5. The molecule has 0 aliphatic heterocycles. The van der Waals surface area contributed by atoms with Crippen LogP contribution in [0.3, 0.4) is 0 Å². The zero-order valence-electron chi connectivity index (χ0n) is 17.6. The number of esters is 3. The second-order valence-corrected chi connectivity index (χ2v) is 6.70. The summed E-state index contributed by atoms with van der Waals surface area (Å²) in [5, 5.41) is 9.30. The Morgan fingerprint density at radius 1 is 0.848 bits per heavy atom. The molecule has 0 heterocycles. The minimum absolute atomic E-state index is 0.0599. The minimum Gasteiger partial charge on any atom is -0.508 e. The van der Waals surface area contributed by atoms with E-state index in [1.807, 2.05) is 0 Å². The molecule has 0 aromatic heterocycles. The molecular weight excluding hydrogens is 428 g/mol. The first kappa shape index (κ1) is 23.1. The summed E-state index contributed by atoms with van der Waals surface area (Å²) in [7, 11) is 0. The third kappa shape index (κ3) is 6.44. The van der Waals surface area contributed by atoms with Gasteiger partial charge in [-0.15, -0.1) is 0 Å². The van der Waals surface area contributed by atoms with E-state index in [4.69, 9.17) is 18.9 Å². The number of aryl methyl sites for hydroxylation is 1. The van der Waals surface area contributed by atoms with Gasteiger partial charge in [-0.05, 0) is 79.2 Å². The normalized spacial score (nSPS) is 10.1. The molecule has 3 aromatic rings. The maximum Gasteiger partial charge on any atom is 0.343 e. The van der Waals surface area contributed by atoms with Crippen molar-refractivity contribution in [3.05, 3.63) is 96.1 Å². The van der Waals surface area contributed by atoms with Crippen molar-refractivity contribution in [2.75, 3.05) is 6.79 Å². The fraction of sp³-hybridized carbons (Fsp3) is 0.0800. The quantitative estimate of drug-likeness (QED) is 0.236. The van der Waals surface area contributed by atoms with Gasteiger partial charge in [-0.3, -0.25) is 0 Å². The zero-order chi connectivity index (χ0) is 23.8. The van der Waals surface area contributed by atoms with Crippen molar-refractivity contribution in [3.63, 3.8) is 0 Å². The van der Waals surface area contributed by atoms with Gasteiger partial charge in [0.2, 0.25) is 6.79 Å². The monoisotopic (exact) mass is 448 g/mol. The lowest BCUT2D eigenvalue weighted by Crippen LogP contribution is -2.13. The van der Waals surface area contributed by atoms with Gasteiger partial charge >= 0.3 is 17.9 Å². The summed E-state index contributed by atoms with van der Waals surface area (Å²) in [5.74, 6) is -0.756. The van der Waals surface area contributed by atoms with E-state index in [9.17, 15) is 19.5 Å². The van der Waals surface area contributed by atoms with Gasteiger partial charge < -0.3 is 24.1 Å². The van der Waals surface area contributed by atoms with Gasteiger partial charge in [0.15, 0.2) is 0 Å². The third-order valence-electron chi connectivity index (χ3n) is 4.36. The van der Waals surface area contributed by atoms with E-state index in [1.54, 1.807) is 19.1 Å². The van der Waals surface area contributed by atoms with Crippen LogP contribution in [0.5, 0.6) is 23.0 Å². The minimum atomic E-state index is -0.601. The van der Waals surface area contributed by atoms with E-state index < -0.39 is 17.9 Å². The Morgan fingerprint density at radius 2 is 1.42 bits per heavy atom. The summed E-state index contributed by atoms with van der Waals surface area (Å²) in [6.45, 7) is 4.68. The molecule has 0 bridgehead atoms. The van der Waals surface area contributed by atoms with Crippen LogP contribution < -0.4 is 14.2 Å². The molecule has 0 amide bonds. The van der Waals surface area contributed by atoms with E-state index in [0.29, 0.717) is 11.3 Å².